The van der Waals surface area contributed by atoms with Crippen molar-refractivity contribution in [3.63, 3.8) is 0 Å². The molecule has 2 rings (SSSR count). The Bertz CT molecular complexity index is 720. The van der Waals surface area contributed by atoms with Crippen LogP contribution in [0.25, 0.3) is 0 Å². The maximum Gasteiger partial charge on any atom is 0.337 e. The zero-order valence-corrected chi connectivity index (χ0v) is 17.7. The molecule has 0 saturated carbocycles. The maximum absolute atomic E-state index is 12.2. The molecular formula is C19H28O13. The van der Waals surface area contributed by atoms with Crippen molar-refractivity contribution in [3.05, 3.63) is 11.8 Å². The molecular weight excluding hydrogens is 436 g/mol. The van der Waals surface area contributed by atoms with Gasteiger partial charge in [0.05, 0.1) is 37.9 Å². The fourth-order valence-corrected chi connectivity index (χ4v) is 3.79. The van der Waals surface area contributed by atoms with Crippen molar-refractivity contribution in [2.75, 3.05) is 13.7 Å². The fourth-order valence-electron chi connectivity index (χ4n) is 3.79. The van der Waals surface area contributed by atoms with Gasteiger partial charge in [-0.2, -0.15) is 0 Å². The number of carbonyl (C=O) groups is 3. The number of hydrogen-bond donors (Lipinski definition) is 5. The Morgan fingerprint density at radius 3 is 2.31 bits per heavy atom. The summed E-state index contributed by atoms with van der Waals surface area (Å²) in [6, 6.07) is 0. The highest BCUT2D eigenvalue weighted by Crippen LogP contribution is 2.39. The number of ether oxygens (including phenoxy) is 5. The van der Waals surface area contributed by atoms with Crippen LogP contribution in [-0.4, -0.2) is 100 Å². The lowest BCUT2D eigenvalue weighted by atomic mass is 9.78. The van der Waals surface area contributed by atoms with E-state index in [1.54, 1.807) is 0 Å². The maximum atomic E-state index is 12.2. The summed E-state index contributed by atoms with van der Waals surface area (Å²) in [6.45, 7) is 1.88. The highest BCUT2D eigenvalue weighted by atomic mass is 16.8. The van der Waals surface area contributed by atoms with Crippen LogP contribution in [0.4, 0.5) is 0 Å². The summed E-state index contributed by atoms with van der Waals surface area (Å²) >= 11 is 0. The molecule has 182 valence electrons. The van der Waals surface area contributed by atoms with Gasteiger partial charge in [-0.1, -0.05) is 0 Å². The Hall–Kier alpha value is -2.29. The molecule has 0 aromatic rings. The predicted molar refractivity (Wildman–Crippen MR) is 100 cm³/mol. The molecule has 0 aliphatic carbocycles. The topological polar surface area (TPSA) is 199 Å². The van der Waals surface area contributed by atoms with Crippen molar-refractivity contribution in [2.45, 2.75) is 63.4 Å². The van der Waals surface area contributed by atoms with E-state index < -0.39 is 85.9 Å². The first-order chi connectivity index (χ1) is 15.0. The molecule has 32 heavy (non-hydrogen) atoms. The first-order valence-corrected chi connectivity index (χ1v) is 9.80. The zero-order chi connectivity index (χ0) is 24.2. The quantitative estimate of drug-likeness (QED) is 0.244. The Morgan fingerprint density at radius 2 is 1.78 bits per heavy atom. The predicted octanol–water partition coefficient (Wildman–Crippen LogP) is -2.13. The second kappa shape index (κ2) is 11.0. The van der Waals surface area contributed by atoms with Crippen LogP contribution >= 0.6 is 0 Å². The third kappa shape index (κ3) is 5.74. The molecule has 0 spiro atoms. The number of carbonyl (C=O) groups excluding carboxylic acids is 2. The molecule has 1 fully saturated rings. The third-order valence-electron chi connectivity index (χ3n) is 5.33. The van der Waals surface area contributed by atoms with Gasteiger partial charge < -0.3 is 49.2 Å². The van der Waals surface area contributed by atoms with Gasteiger partial charge in [-0.05, 0) is 6.92 Å². The summed E-state index contributed by atoms with van der Waals surface area (Å²) in [4.78, 5) is 35.2. The van der Waals surface area contributed by atoms with E-state index in [0.29, 0.717) is 0 Å². The first-order valence-electron chi connectivity index (χ1n) is 9.80. The molecule has 0 aromatic heterocycles. The largest absolute Gasteiger partial charge is 0.481 e. The number of aliphatic carboxylic acids is 1. The molecule has 0 aromatic carbocycles. The van der Waals surface area contributed by atoms with Crippen LogP contribution in [0.1, 0.15) is 20.3 Å². The van der Waals surface area contributed by atoms with Crippen molar-refractivity contribution in [1.29, 1.82) is 0 Å². The Morgan fingerprint density at radius 1 is 1.12 bits per heavy atom. The van der Waals surface area contributed by atoms with E-state index in [1.165, 1.54) is 6.92 Å². The van der Waals surface area contributed by atoms with Crippen LogP contribution in [0.15, 0.2) is 11.8 Å². The highest BCUT2D eigenvalue weighted by molar-refractivity contribution is 5.89. The number of esters is 2. The number of rotatable bonds is 8. The summed E-state index contributed by atoms with van der Waals surface area (Å²) in [5.41, 5.74) is -0.132. The minimum Gasteiger partial charge on any atom is -0.481 e. The fraction of sp³-hybridized carbons (Fsp3) is 0.737. The van der Waals surface area contributed by atoms with Gasteiger partial charge >= 0.3 is 17.9 Å². The van der Waals surface area contributed by atoms with E-state index in [4.69, 9.17) is 18.9 Å². The molecule has 0 bridgehead atoms. The smallest absolute Gasteiger partial charge is 0.337 e. The molecule has 0 amide bonds. The number of aliphatic hydroxyl groups is 4. The van der Waals surface area contributed by atoms with Crippen LogP contribution < -0.4 is 0 Å². The summed E-state index contributed by atoms with van der Waals surface area (Å²) in [5.74, 6) is -4.98. The molecule has 2 aliphatic heterocycles. The number of hydrogen-bond acceptors (Lipinski definition) is 12. The monoisotopic (exact) mass is 464 g/mol. The van der Waals surface area contributed by atoms with E-state index in [2.05, 4.69) is 4.74 Å². The molecule has 13 nitrogen and oxygen atoms in total. The number of methoxy groups -OCH3 is 1. The SMILES string of the molecule is COC(=O)C1=COC(OC2OC(CO)C(O)C(O)C2O)C(C(C)OC(C)=O)C1CC(=O)O. The molecule has 2 heterocycles. The van der Waals surface area contributed by atoms with Gasteiger partial charge in [-0.15, -0.1) is 0 Å². The van der Waals surface area contributed by atoms with Gasteiger partial charge in [-0.25, -0.2) is 4.79 Å². The van der Waals surface area contributed by atoms with Crippen molar-refractivity contribution >= 4 is 17.9 Å². The Kier molecular flexibility index (Phi) is 8.95. The van der Waals surface area contributed by atoms with Gasteiger partial charge in [0, 0.05) is 12.8 Å². The molecule has 1 saturated heterocycles. The van der Waals surface area contributed by atoms with Gasteiger partial charge in [0.2, 0.25) is 6.29 Å². The Labute approximate surface area is 183 Å². The van der Waals surface area contributed by atoms with Crippen molar-refractivity contribution in [2.24, 2.45) is 11.8 Å². The molecule has 2 aliphatic rings. The molecule has 5 N–H and O–H groups in total. The van der Waals surface area contributed by atoms with Crippen LogP contribution in [0, 0.1) is 11.8 Å². The van der Waals surface area contributed by atoms with Crippen molar-refractivity contribution in [1.82, 2.24) is 0 Å². The van der Waals surface area contributed by atoms with E-state index in [9.17, 15) is 39.9 Å². The van der Waals surface area contributed by atoms with Crippen LogP contribution in [0.2, 0.25) is 0 Å². The van der Waals surface area contributed by atoms with Crippen LogP contribution in [-0.2, 0) is 38.1 Å². The molecule has 9 atom stereocenters. The van der Waals surface area contributed by atoms with E-state index in [1.807, 2.05) is 0 Å². The molecule has 9 unspecified atom stereocenters. The minimum atomic E-state index is -1.76. The number of aliphatic hydroxyl groups excluding tert-OH is 4. The zero-order valence-electron chi connectivity index (χ0n) is 17.7. The third-order valence-corrected chi connectivity index (χ3v) is 5.33. The second-order valence-corrected chi connectivity index (χ2v) is 7.50. The van der Waals surface area contributed by atoms with Crippen molar-refractivity contribution in [3.8, 4) is 0 Å². The lowest BCUT2D eigenvalue weighted by Gasteiger charge is -2.44. The van der Waals surface area contributed by atoms with Gasteiger partial charge in [-0.3, -0.25) is 9.59 Å². The van der Waals surface area contributed by atoms with Gasteiger partial charge in [0.1, 0.15) is 30.5 Å². The molecule has 13 heteroatoms. The first kappa shape index (κ1) is 26.0. The van der Waals surface area contributed by atoms with Gasteiger partial charge in [0.15, 0.2) is 6.29 Å². The lowest BCUT2D eigenvalue weighted by molar-refractivity contribution is -0.345. The van der Waals surface area contributed by atoms with E-state index in [-0.39, 0.29) is 5.57 Å². The average Bonchev–Trinajstić information content (AvgIpc) is 2.72. The molecule has 0 radical (unpaired) electrons. The second-order valence-electron chi connectivity index (χ2n) is 7.50. The lowest BCUT2D eigenvalue weighted by Crippen LogP contribution is -2.60. The Balaban J connectivity index is 2.39. The van der Waals surface area contributed by atoms with Crippen LogP contribution in [0.5, 0.6) is 0 Å². The minimum absolute atomic E-state index is 0.132. The summed E-state index contributed by atoms with van der Waals surface area (Å²) < 4.78 is 26.3. The van der Waals surface area contributed by atoms with E-state index in [0.717, 1.165) is 20.3 Å². The van der Waals surface area contributed by atoms with Crippen LogP contribution in [0.3, 0.4) is 0 Å². The van der Waals surface area contributed by atoms with Gasteiger partial charge in [0.25, 0.3) is 0 Å². The summed E-state index contributed by atoms with van der Waals surface area (Å²) in [7, 11) is 1.10. The summed E-state index contributed by atoms with van der Waals surface area (Å²) in [6.07, 6.45) is -10.0. The highest BCUT2D eigenvalue weighted by Gasteiger charge is 2.50. The standard InChI is InChI=1S/C19H28O13/c1-7(30-8(2)21)13-9(4-12(22)23)10(17(27)28-3)6-29-18(13)32-19-16(26)15(25)14(24)11(5-20)31-19/h6-7,9,11,13-16,18-20,24-26H,4-5H2,1-3H3,(H,22,23). The normalized spacial score (nSPS) is 35.8. The number of carboxylic acid groups (broad SMARTS) is 1. The van der Waals surface area contributed by atoms with Crippen molar-refractivity contribution < 1.29 is 63.6 Å². The average molecular weight is 464 g/mol. The summed E-state index contributed by atoms with van der Waals surface area (Å²) in [5, 5.41) is 48.9. The number of carboxylic acids is 1. The van der Waals surface area contributed by atoms with E-state index >= 15 is 0 Å².